The van der Waals surface area contributed by atoms with Gasteiger partial charge in [-0.3, -0.25) is 0 Å². The third-order valence-corrected chi connectivity index (χ3v) is 3.30. The van der Waals surface area contributed by atoms with Crippen LogP contribution in [0.15, 0.2) is 24.3 Å². The second-order valence-electron chi connectivity index (χ2n) is 4.85. The van der Waals surface area contributed by atoms with Crippen molar-refractivity contribution in [1.82, 2.24) is 0 Å². The van der Waals surface area contributed by atoms with Gasteiger partial charge in [0.2, 0.25) is 0 Å². The summed E-state index contributed by atoms with van der Waals surface area (Å²) in [6.45, 7) is 6.70. The lowest BCUT2D eigenvalue weighted by molar-refractivity contribution is 0.461. The molecule has 1 rings (SSSR count). The van der Waals surface area contributed by atoms with Gasteiger partial charge in [0.05, 0.1) is 0 Å². The minimum absolute atomic E-state index is 0.200. The highest BCUT2D eigenvalue weighted by molar-refractivity contribution is 5.24. The average Bonchev–Trinajstić information content (AvgIpc) is 2.30. The zero-order valence-electron chi connectivity index (χ0n) is 10.9. The van der Waals surface area contributed by atoms with Gasteiger partial charge in [0, 0.05) is 6.04 Å². The van der Waals surface area contributed by atoms with Crippen LogP contribution in [0.3, 0.4) is 0 Å². The molecule has 16 heavy (non-hydrogen) atoms. The lowest BCUT2D eigenvalue weighted by atomic mass is 9.94. The monoisotopic (exact) mass is 219 g/mol. The van der Waals surface area contributed by atoms with Gasteiger partial charge in [-0.25, -0.2) is 0 Å². The Bertz CT molecular complexity index is 289. The minimum atomic E-state index is 0.200. The molecule has 0 aliphatic heterocycles. The first-order valence-corrected chi connectivity index (χ1v) is 6.51. The average molecular weight is 219 g/mol. The van der Waals surface area contributed by atoms with Gasteiger partial charge in [-0.05, 0) is 29.9 Å². The van der Waals surface area contributed by atoms with Crippen molar-refractivity contribution < 1.29 is 0 Å². The summed E-state index contributed by atoms with van der Waals surface area (Å²) in [4.78, 5) is 0. The molecule has 0 fully saturated rings. The summed E-state index contributed by atoms with van der Waals surface area (Å²) in [5, 5.41) is 0. The van der Waals surface area contributed by atoms with E-state index >= 15 is 0 Å². The van der Waals surface area contributed by atoms with Crippen LogP contribution < -0.4 is 5.73 Å². The van der Waals surface area contributed by atoms with E-state index in [1.54, 1.807) is 0 Å². The van der Waals surface area contributed by atoms with E-state index in [1.165, 1.54) is 30.4 Å². The molecular weight excluding hydrogens is 194 g/mol. The number of rotatable bonds is 6. The number of nitrogens with two attached hydrogens (primary N) is 1. The van der Waals surface area contributed by atoms with Crippen LogP contribution in [-0.4, -0.2) is 0 Å². The van der Waals surface area contributed by atoms with Crippen LogP contribution in [-0.2, 0) is 6.42 Å². The van der Waals surface area contributed by atoms with Crippen LogP contribution in [0.5, 0.6) is 0 Å². The fraction of sp³-hybridized carbons (Fsp3) is 0.600. The molecule has 0 spiro atoms. The Balaban J connectivity index is 2.59. The second-order valence-corrected chi connectivity index (χ2v) is 4.85. The van der Waals surface area contributed by atoms with Gasteiger partial charge < -0.3 is 5.73 Å². The Morgan fingerprint density at radius 2 is 1.75 bits per heavy atom. The second kappa shape index (κ2) is 6.70. The molecule has 1 heteroatoms. The predicted octanol–water partition coefficient (Wildman–Crippen LogP) is 4.08. The highest BCUT2D eigenvalue weighted by Crippen LogP contribution is 2.21. The molecule has 0 amide bonds. The maximum Gasteiger partial charge on any atom is 0.0297 e. The molecule has 0 saturated carbocycles. The molecule has 1 aromatic rings. The van der Waals surface area contributed by atoms with E-state index in [9.17, 15) is 0 Å². The van der Waals surface area contributed by atoms with Crippen LogP contribution in [0.1, 0.15) is 57.2 Å². The molecule has 0 saturated heterocycles. The zero-order valence-corrected chi connectivity index (χ0v) is 10.9. The lowest BCUT2D eigenvalue weighted by Gasteiger charge is -2.16. The highest BCUT2D eigenvalue weighted by Gasteiger charge is 2.09. The third kappa shape index (κ3) is 3.97. The van der Waals surface area contributed by atoms with E-state index in [0.717, 1.165) is 6.42 Å². The van der Waals surface area contributed by atoms with Gasteiger partial charge in [0.15, 0.2) is 0 Å². The molecule has 2 N–H and O–H groups in total. The Kier molecular flexibility index (Phi) is 5.54. The topological polar surface area (TPSA) is 26.0 Å². The first-order chi connectivity index (χ1) is 7.67. The van der Waals surface area contributed by atoms with Crippen molar-refractivity contribution in [3.05, 3.63) is 35.4 Å². The molecule has 2 atom stereocenters. The van der Waals surface area contributed by atoms with Gasteiger partial charge in [-0.2, -0.15) is 0 Å². The summed E-state index contributed by atoms with van der Waals surface area (Å²) in [5.41, 5.74) is 8.89. The quantitative estimate of drug-likeness (QED) is 0.766. The summed E-state index contributed by atoms with van der Waals surface area (Å²) >= 11 is 0. The van der Waals surface area contributed by atoms with Gasteiger partial charge in [-0.1, -0.05) is 57.9 Å². The molecule has 2 unspecified atom stereocenters. The molecule has 0 aliphatic carbocycles. The molecule has 0 radical (unpaired) electrons. The van der Waals surface area contributed by atoms with E-state index in [1.807, 2.05) is 0 Å². The van der Waals surface area contributed by atoms with Gasteiger partial charge in [0.1, 0.15) is 0 Å². The van der Waals surface area contributed by atoms with Crippen LogP contribution in [0.25, 0.3) is 0 Å². The van der Waals surface area contributed by atoms with Gasteiger partial charge >= 0.3 is 0 Å². The van der Waals surface area contributed by atoms with Crippen molar-refractivity contribution in [3.8, 4) is 0 Å². The summed E-state index contributed by atoms with van der Waals surface area (Å²) in [7, 11) is 0. The normalized spacial score (nSPS) is 14.8. The molecule has 0 bridgehead atoms. The van der Waals surface area contributed by atoms with Crippen LogP contribution in [0.2, 0.25) is 0 Å². The summed E-state index contributed by atoms with van der Waals surface area (Å²) in [6.07, 6.45) is 4.67. The number of hydrogen-bond donors (Lipinski definition) is 1. The predicted molar refractivity (Wildman–Crippen MR) is 71.4 cm³/mol. The SMILES string of the molecule is CCCc1ccc(C(N)CC(C)CC)cc1. The zero-order chi connectivity index (χ0) is 12.0. The van der Waals surface area contributed by atoms with Crippen molar-refractivity contribution in [2.45, 2.75) is 52.5 Å². The molecule has 1 aromatic carbocycles. The van der Waals surface area contributed by atoms with Crippen LogP contribution >= 0.6 is 0 Å². The third-order valence-electron chi connectivity index (χ3n) is 3.30. The van der Waals surface area contributed by atoms with Crippen LogP contribution in [0, 0.1) is 5.92 Å². The Labute approximate surface area is 100 Å². The Morgan fingerprint density at radius 1 is 1.12 bits per heavy atom. The van der Waals surface area contributed by atoms with Crippen LogP contribution in [0.4, 0.5) is 0 Å². The summed E-state index contributed by atoms with van der Waals surface area (Å²) < 4.78 is 0. The Hall–Kier alpha value is -0.820. The van der Waals surface area contributed by atoms with E-state index in [0.29, 0.717) is 5.92 Å². The first-order valence-electron chi connectivity index (χ1n) is 6.51. The smallest absolute Gasteiger partial charge is 0.0297 e. The standard InChI is InChI=1S/C15H25N/c1-4-6-13-7-9-14(10-8-13)15(16)11-12(3)5-2/h7-10,12,15H,4-6,11,16H2,1-3H3. The maximum absolute atomic E-state index is 6.20. The van der Waals surface area contributed by atoms with E-state index < -0.39 is 0 Å². The Morgan fingerprint density at radius 3 is 2.25 bits per heavy atom. The largest absolute Gasteiger partial charge is 0.324 e. The minimum Gasteiger partial charge on any atom is -0.324 e. The highest BCUT2D eigenvalue weighted by atomic mass is 14.6. The van der Waals surface area contributed by atoms with Crippen molar-refractivity contribution in [3.63, 3.8) is 0 Å². The molecular formula is C15H25N. The lowest BCUT2D eigenvalue weighted by Crippen LogP contribution is -2.13. The van der Waals surface area contributed by atoms with Crippen molar-refractivity contribution in [2.24, 2.45) is 11.7 Å². The number of benzene rings is 1. The van der Waals surface area contributed by atoms with Crippen molar-refractivity contribution in [1.29, 1.82) is 0 Å². The molecule has 0 aliphatic rings. The number of aryl methyl sites for hydroxylation is 1. The fourth-order valence-electron chi connectivity index (χ4n) is 1.96. The van der Waals surface area contributed by atoms with Gasteiger partial charge in [0.25, 0.3) is 0 Å². The van der Waals surface area contributed by atoms with Gasteiger partial charge in [-0.15, -0.1) is 0 Å². The number of hydrogen-bond acceptors (Lipinski definition) is 1. The molecule has 1 nitrogen and oxygen atoms in total. The van der Waals surface area contributed by atoms with E-state index in [-0.39, 0.29) is 6.04 Å². The fourth-order valence-corrected chi connectivity index (χ4v) is 1.96. The summed E-state index contributed by atoms with van der Waals surface area (Å²) in [6, 6.07) is 9.02. The molecule has 90 valence electrons. The van der Waals surface area contributed by atoms with Crippen molar-refractivity contribution >= 4 is 0 Å². The first kappa shape index (κ1) is 13.2. The maximum atomic E-state index is 6.20. The molecule has 0 aromatic heterocycles. The van der Waals surface area contributed by atoms with E-state index in [4.69, 9.17) is 5.73 Å². The summed E-state index contributed by atoms with van der Waals surface area (Å²) in [5.74, 6) is 0.713. The van der Waals surface area contributed by atoms with Crippen molar-refractivity contribution in [2.75, 3.05) is 0 Å². The molecule has 0 heterocycles. The van der Waals surface area contributed by atoms with E-state index in [2.05, 4.69) is 45.0 Å².